The summed E-state index contributed by atoms with van der Waals surface area (Å²) in [6, 6.07) is 9.13. The average molecular weight is 547 g/mol. The normalized spacial score (nSPS) is 18.3. The molecule has 0 radical (unpaired) electrons. The smallest absolute Gasteiger partial charge is 0.338 e. The van der Waals surface area contributed by atoms with E-state index in [0.29, 0.717) is 32.1 Å². The standard InChI is InChI=1S/C26H38N8O3.ClH/c1-26(2,28)23(35)32-12-14-33(15-13-32)24(36)29-22-8-11-34(25(37)30-22)21-5-3-4-19(16-21)6-9-31-10-7-20(17-27)18-31;/h3-5,8,11,16,20H,6-7,9-10,12-15,17-18,27-28H2,1-2H3,(H,29,30,36,37);1H/t20-;/m1./s1. The summed E-state index contributed by atoms with van der Waals surface area (Å²) in [7, 11) is 0. The highest BCUT2D eigenvalue weighted by atomic mass is 35.5. The Bertz CT molecular complexity index is 1170. The maximum absolute atomic E-state index is 12.8. The highest BCUT2D eigenvalue weighted by Crippen LogP contribution is 2.17. The zero-order chi connectivity index (χ0) is 26.6. The van der Waals surface area contributed by atoms with Gasteiger partial charge in [-0.2, -0.15) is 4.98 Å². The van der Waals surface area contributed by atoms with Gasteiger partial charge in [0.1, 0.15) is 5.82 Å². The Labute approximate surface area is 229 Å². The van der Waals surface area contributed by atoms with Gasteiger partial charge in [-0.25, -0.2) is 9.59 Å². The third-order valence-electron chi connectivity index (χ3n) is 7.05. The zero-order valence-electron chi connectivity index (χ0n) is 22.1. The molecule has 1 aromatic heterocycles. The highest BCUT2D eigenvalue weighted by molar-refractivity contribution is 5.89. The van der Waals surface area contributed by atoms with E-state index in [1.165, 1.54) is 4.57 Å². The van der Waals surface area contributed by atoms with Gasteiger partial charge in [0, 0.05) is 45.5 Å². The Morgan fingerprint density at radius 2 is 1.82 bits per heavy atom. The number of hydrogen-bond acceptors (Lipinski definition) is 7. The molecule has 5 N–H and O–H groups in total. The molecule has 2 aliphatic heterocycles. The van der Waals surface area contributed by atoms with Gasteiger partial charge < -0.3 is 26.2 Å². The Kier molecular flexibility index (Phi) is 9.88. The van der Waals surface area contributed by atoms with Crippen LogP contribution in [0.1, 0.15) is 25.8 Å². The van der Waals surface area contributed by atoms with E-state index in [1.807, 2.05) is 18.2 Å². The van der Waals surface area contributed by atoms with Gasteiger partial charge in [0.05, 0.1) is 11.2 Å². The van der Waals surface area contributed by atoms with Crippen molar-refractivity contribution in [2.75, 3.05) is 57.7 Å². The number of benzene rings is 1. The topological polar surface area (TPSA) is 143 Å². The number of nitrogens with zero attached hydrogens (tertiary/aromatic N) is 5. The first-order chi connectivity index (χ1) is 17.6. The van der Waals surface area contributed by atoms with E-state index < -0.39 is 11.2 Å². The Morgan fingerprint density at radius 1 is 1.11 bits per heavy atom. The van der Waals surface area contributed by atoms with E-state index in [4.69, 9.17) is 11.5 Å². The summed E-state index contributed by atoms with van der Waals surface area (Å²) in [5.41, 5.74) is 12.2. The van der Waals surface area contributed by atoms with Gasteiger partial charge in [-0.05, 0) is 69.5 Å². The molecule has 0 bridgehead atoms. The van der Waals surface area contributed by atoms with Crippen LogP contribution in [0.5, 0.6) is 0 Å². The number of aromatic nitrogens is 2. The number of anilines is 1. The Hall–Kier alpha value is -2.99. The number of piperazine rings is 1. The van der Waals surface area contributed by atoms with Crippen LogP contribution in [0.15, 0.2) is 41.3 Å². The lowest BCUT2D eigenvalue weighted by Gasteiger charge is -2.37. The second-order valence-electron chi connectivity index (χ2n) is 10.5. The number of nitrogens with one attached hydrogen (secondary N) is 1. The van der Waals surface area contributed by atoms with Crippen molar-refractivity contribution < 1.29 is 9.59 Å². The number of halogens is 1. The minimum absolute atomic E-state index is 0. The van der Waals surface area contributed by atoms with Crippen molar-refractivity contribution >= 4 is 30.2 Å². The molecule has 38 heavy (non-hydrogen) atoms. The van der Waals surface area contributed by atoms with E-state index in [0.717, 1.165) is 50.3 Å². The number of rotatable bonds is 7. The highest BCUT2D eigenvalue weighted by Gasteiger charge is 2.31. The summed E-state index contributed by atoms with van der Waals surface area (Å²) in [6.45, 7) is 8.74. The average Bonchev–Trinajstić information content (AvgIpc) is 3.35. The third kappa shape index (κ3) is 7.31. The van der Waals surface area contributed by atoms with Gasteiger partial charge in [-0.15, -0.1) is 12.4 Å². The van der Waals surface area contributed by atoms with E-state index in [9.17, 15) is 14.4 Å². The fourth-order valence-electron chi connectivity index (χ4n) is 4.84. The van der Waals surface area contributed by atoms with Crippen LogP contribution in [-0.4, -0.2) is 94.1 Å². The van der Waals surface area contributed by atoms with Gasteiger partial charge in [0.15, 0.2) is 0 Å². The molecule has 0 aliphatic carbocycles. The maximum Gasteiger partial charge on any atom is 0.354 e. The van der Waals surface area contributed by atoms with Crippen LogP contribution < -0.4 is 22.5 Å². The lowest BCUT2D eigenvalue weighted by atomic mass is 10.1. The number of carbonyl (C=O) groups is 2. The summed E-state index contributed by atoms with van der Waals surface area (Å²) >= 11 is 0. The molecular formula is C26H39ClN8O3. The van der Waals surface area contributed by atoms with Crippen molar-refractivity contribution in [2.45, 2.75) is 32.2 Å². The molecule has 4 rings (SSSR count). The summed E-state index contributed by atoms with van der Waals surface area (Å²) in [5, 5.41) is 2.70. The molecule has 2 fully saturated rings. The molecular weight excluding hydrogens is 508 g/mol. The van der Waals surface area contributed by atoms with Crippen LogP contribution in [0, 0.1) is 5.92 Å². The fourth-order valence-corrected chi connectivity index (χ4v) is 4.84. The first-order valence-corrected chi connectivity index (χ1v) is 12.9. The van der Waals surface area contributed by atoms with Crippen LogP contribution in [0.4, 0.5) is 10.6 Å². The molecule has 12 heteroatoms. The quantitative estimate of drug-likeness (QED) is 0.468. The molecule has 0 spiro atoms. The van der Waals surface area contributed by atoms with Crippen LogP contribution in [0.3, 0.4) is 0 Å². The summed E-state index contributed by atoms with van der Waals surface area (Å²) in [5.74, 6) is 0.637. The number of likely N-dealkylation sites (tertiary alicyclic amines) is 1. The van der Waals surface area contributed by atoms with Gasteiger partial charge >= 0.3 is 11.7 Å². The SMILES string of the molecule is CC(C)(N)C(=O)N1CCN(C(=O)Nc2ccn(-c3cccc(CCN4CC[C@H](CN)C4)c3)c(=O)n2)CC1.Cl. The molecule has 2 saturated heterocycles. The summed E-state index contributed by atoms with van der Waals surface area (Å²) in [6.07, 6.45) is 3.67. The largest absolute Gasteiger partial charge is 0.354 e. The molecule has 3 amide bonds. The second-order valence-corrected chi connectivity index (χ2v) is 10.5. The van der Waals surface area contributed by atoms with Crippen LogP contribution in [0.25, 0.3) is 5.69 Å². The first-order valence-electron chi connectivity index (χ1n) is 12.9. The number of urea groups is 1. The van der Waals surface area contributed by atoms with Crippen LogP contribution in [0.2, 0.25) is 0 Å². The summed E-state index contributed by atoms with van der Waals surface area (Å²) < 4.78 is 1.47. The first kappa shape index (κ1) is 29.6. The Morgan fingerprint density at radius 3 is 2.45 bits per heavy atom. The van der Waals surface area contributed by atoms with Gasteiger partial charge in [0.2, 0.25) is 5.91 Å². The number of hydrogen-bond donors (Lipinski definition) is 3. The minimum Gasteiger partial charge on any atom is -0.338 e. The van der Waals surface area contributed by atoms with Crippen molar-refractivity contribution in [3.63, 3.8) is 0 Å². The molecule has 1 aromatic carbocycles. The molecule has 11 nitrogen and oxygen atoms in total. The molecule has 3 heterocycles. The van der Waals surface area contributed by atoms with Gasteiger partial charge in [-0.1, -0.05) is 12.1 Å². The van der Waals surface area contributed by atoms with Gasteiger partial charge in [0.25, 0.3) is 0 Å². The van der Waals surface area contributed by atoms with Crippen LogP contribution >= 0.6 is 12.4 Å². The lowest BCUT2D eigenvalue weighted by molar-refractivity contribution is -0.137. The second kappa shape index (κ2) is 12.7. The van der Waals surface area contributed by atoms with Crippen molar-refractivity contribution in [1.82, 2.24) is 24.3 Å². The van der Waals surface area contributed by atoms with E-state index in [-0.39, 0.29) is 30.2 Å². The predicted octanol–water partition coefficient (Wildman–Crippen LogP) is 0.891. The number of carbonyl (C=O) groups excluding carboxylic acids is 2. The molecule has 1 atom stereocenters. The number of nitrogens with two attached hydrogens (primary N) is 2. The van der Waals surface area contributed by atoms with Crippen molar-refractivity contribution in [2.24, 2.45) is 17.4 Å². The summed E-state index contributed by atoms with van der Waals surface area (Å²) in [4.78, 5) is 47.6. The number of amides is 3. The van der Waals surface area contributed by atoms with Crippen molar-refractivity contribution in [3.8, 4) is 5.69 Å². The minimum atomic E-state index is -0.945. The van der Waals surface area contributed by atoms with Gasteiger partial charge in [-0.3, -0.25) is 14.7 Å². The molecule has 208 valence electrons. The fraction of sp³-hybridized carbons (Fsp3) is 0.538. The lowest BCUT2D eigenvalue weighted by Crippen LogP contribution is -2.58. The maximum atomic E-state index is 12.8. The predicted molar refractivity (Wildman–Crippen MR) is 150 cm³/mol. The van der Waals surface area contributed by atoms with Crippen molar-refractivity contribution in [1.29, 1.82) is 0 Å². The molecule has 2 aromatic rings. The van der Waals surface area contributed by atoms with Crippen LogP contribution in [-0.2, 0) is 11.2 Å². The third-order valence-corrected chi connectivity index (χ3v) is 7.05. The van der Waals surface area contributed by atoms with E-state index >= 15 is 0 Å². The zero-order valence-corrected chi connectivity index (χ0v) is 23.0. The molecule has 2 aliphatic rings. The van der Waals surface area contributed by atoms with E-state index in [2.05, 4.69) is 21.3 Å². The Balaban J connectivity index is 0.00000400. The van der Waals surface area contributed by atoms with Crippen molar-refractivity contribution in [3.05, 3.63) is 52.6 Å². The molecule has 0 unspecified atom stereocenters. The molecule has 0 saturated carbocycles. The monoisotopic (exact) mass is 546 g/mol. The van der Waals surface area contributed by atoms with E-state index in [1.54, 1.807) is 35.9 Å².